The average molecular weight is 821 g/mol. The number of aliphatic imine (C=N–C) groups is 1. The predicted molar refractivity (Wildman–Crippen MR) is 253 cm³/mol. The van der Waals surface area contributed by atoms with Gasteiger partial charge in [0.05, 0.1) is 25.9 Å². The molecule has 61 heavy (non-hydrogen) atoms. The molecule has 6 aliphatic carbocycles. The third kappa shape index (κ3) is 6.41. The second-order valence-corrected chi connectivity index (χ2v) is 25.1. The maximum absolute atomic E-state index is 5.28. The Hall–Kier alpha value is -4.49. The number of hydrogen-bond donors (Lipinski definition) is 2. The van der Waals surface area contributed by atoms with Crippen LogP contribution in [0.2, 0.25) is 17.6 Å². The van der Waals surface area contributed by atoms with Crippen LogP contribution in [0, 0.1) is 17.4 Å². The first-order chi connectivity index (χ1) is 29.8. The minimum atomic E-state index is -1.69. The number of nitrogens with one attached hydrogen (secondary N) is 2. The van der Waals surface area contributed by atoms with Gasteiger partial charge in [0.1, 0.15) is 6.54 Å². The Labute approximate surface area is 365 Å². The SMILES string of the molecule is CC1(/C=C/C2CC=C(C3N=C4CC[C-]=CC45C[NH+]35)CC2)C=CC2=C(C1)N(C1C=CC=CC1)C1C=C(/C=C/c3ccc(C4(C)[N-]C5CCC=CC5=CN4)cc3)C=CC1[Si]21CCC1. The molecule has 10 atom stereocenters. The number of fused-ring (bicyclic) bond motifs is 4. The lowest BCUT2D eigenvalue weighted by molar-refractivity contribution is -0.796. The van der Waals surface area contributed by atoms with Crippen molar-refractivity contribution in [2.45, 2.75) is 131 Å². The molecular weight excluding hydrogens is 759 g/mol. The van der Waals surface area contributed by atoms with Crippen LogP contribution in [0.3, 0.4) is 0 Å². The van der Waals surface area contributed by atoms with E-state index < -0.39 is 13.7 Å². The summed E-state index contributed by atoms with van der Waals surface area (Å²) in [6.07, 6.45) is 59.3. The van der Waals surface area contributed by atoms with E-state index in [1.807, 2.05) is 0 Å². The number of allylic oxidation sites excluding steroid dienone is 14. The molecule has 0 aromatic heterocycles. The van der Waals surface area contributed by atoms with E-state index in [1.165, 1.54) is 65.9 Å². The molecule has 2 spiro atoms. The van der Waals surface area contributed by atoms with Crippen molar-refractivity contribution >= 4 is 19.9 Å². The zero-order valence-corrected chi connectivity index (χ0v) is 37.2. The van der Waals surface area contributed by atoms with Crippen LogP contribution < -0.4 is 10.2 Å². The Morgan fingerprint density at radius 1 is 1.00 bits per heavy atom. The Balaban J connectivity index is 0.782. The second kappa shape index (κ2) is 14.5. The minimum Gasteiger partial charge on any atom is -0.629 e. The third-order valence-corrected chi connectivity index (χ3v) is 22.6. The van der Waals surface area contributed by atoms with Crippen molar-refractivity contribution in [3.8, 4) is 0 Å². The van der Waals surface area contributed by atoms with Gasteiger partial charge in [-0.05, 0) is 84.6 Å². The van der Waals surface area contributed by atoms with Crippen LogP contribution in [-0.2, 0) is 5.66 Å². The lowest BCUT2D eigenvalue weighted by Gasteiger charge is -2.60. The van der Waals surface area contributed by atoms with E-state index in [1.54, 1.807) is 21.4 Å². The largest absolute Gasteiger partial charge is 0.629 e. The van der Waals surface area contributed by atoms with Crippen molar-refractivity contribution in [2.75, 3.05) is 6.54 Å². The molecule has 5 aliphatic heterocycles. The van der Waals surface area contributed by atoms with E-state index in [0.29, 0.717) is 29.7 Å². The van der Waals surface area contributed by atoms with Gasteiger partial charge in [-0.2, -0.15) is 12.5 Å². The molecule has 1 aromatic carbocycles. The molecule has 2 N–H and O–H groups in total. The van der Waals surface area contributed by atoms with E-state index in [2.05, 4.69) is 164 Å². The van der Waals surface area contributed by atoms with Crippen LogP contribution in [0.15, 0.2) is 160 Å². The lowest BCUT2D eigenvalue weighted by atomic mass is 9.78. The summed E-state index contributed by atoms with van der Waals surface area (Å²) in [7, 11) is -1.69. The molecule has 0 saturated carbocycles. The smallest absolute Gasteiger partial charge is 0.204 e. The molecule has 6 heteroatoms. The van der Waals surface area contributed by atoms with Crippen LogP contribution in [-0.4, -0.2) is 55.1 Å². The quantitative estimate of drug-likeness (QED) is 0.125. The standard InChI is InChI=1S/C55H61N5Si/c1-53(31-28-40-18-23-42(24-19-40)52-57-51-15-8-9-30-55(51)38-59(52)55)32-29-50-48(36-53)60(45-12-4-3-5-13-45)47-35-41(22-27-49(47)61(50)33-10-34-61)17-16-39-20-25-44(26-21-39)54(2)56-37-43-11-6-7-14-46(43)58-54/h3-6,11-12,16-17,20-23,25-32,35,37,40,45-47,49,52,56H,7-8,10,13-15,18-19,24,33-34,36,38H2,1-2H3/q-2/p+1/b17-16+,31-28+. The monoisotopic (exact) mass is 820 g/mol. The van der Waals surface area contributed by atoms with Gasteiger partial charge in [-0.3, -0.25) is 4.90 Å². The van der Waals surface area contributed by atoms with Crippen LogP contribution in [0.25, 0.3) is 11.4 Å². The first-order valence-corrected chi connectivity index (χ1v) is 26.3. The lowest BCUT2D eigenvalue weighted by Crippen LogP contribution is -3.00. The number of rotatable bonds is 7. The van der Waals surface area contributed by atoms with Crippen molar-refractivity contribution in [1.29, 1.82) is 0 Å². The summed E-state index contributed by atoms with van der Waals surface area (Å²) >= 11 is 0. The Kier molecular flexibility index (Phi) is 9.10. The molecule has 11 aliphatic rings. The fourth-order valence-corrected chi connectivity index (χ4v) is 18.2. The van der Waals surface area contributed by atoms with Crippen molar-refractivity contribution in [3.63, 3.8) is 0 Å². The average Bonchev–Trinajstić information content (AvgIpc) is 3.90. The molecule has 312 valence electrons. The minimum absolute atomic E-state index is 0.0142. The van der Waals surface area contributed by atoms with Gasteiger partial charge in [-0.15, -0.1) is 6.04 Å². The van der Waals surface area contributed by atoms with Gasteiger partial charge < -0.3 is 21.6 Å². The molecule has 12 rings (SSSR count). The number of hydrogen-bond acceptors (Lipinski definition) is 3. The van der Waals surface area contributed by atoms with Crippen molar-refractivity contribution in [2.24, 2.45) is 16.3 Å². The topological polar surface area (TPSA) is 46.2 Å². The van der Waals surface area contributed by atoms with E-state index in [0.717, 1.165) is 44.9 Å². The number of quaternary nitrogens is 1. The van der Waals surface area contributed by atoms with Crippen LogP contribution >= 0.6 is 0 Å². The molecule has 0 radical (unpaired) electrons. The van der Waals surface area contributed by atoms with Gasteiger partial charge in [-0.1, -0.05) is 166 Å². The van der Waals surface area contributed by atoms with E-state index in [4.69, 9.17) is 10.3 Å². The summed E-state index contributed by atoms with van der Waals surface area (Å²) in [6, 6.07) is 13.0. The highest BCUT2D eigenvalue weighted by Gasteiger charge is 2.66. The molecule has 0 bridgehead atoms. The second-order valence-electron chi connectivity index (χ2n) is 20.6. The Morgan fingerprint density at radius 3 is 2.72 bits per heavy atom. The van der Waals surface area contributed by atoms with Gasteiger partial charge in [0.2, 0.25) is 6.17 Å². The van der Waals surface area contributed by atoms with Crippen molar-refractivity contribution < 1.29 is 4.90 Å². The summed E-state index contributed by atoms with van der Waals surface area (Å²) in [4.78, 5) is 9.86. The summed E-state index contributed by atoms with van der Waals surface area (Å²) in [6.45, 7) is 5.95. The molecule has 2 fully saturated rings. The van der Waals surface area contributed by atoms with Crippen LogP contribution in [0.1, 0.15) is 89.2 Å². The summed E-state index contributed by atoms with van der Waals surface area (Å²) in [5, 5.41) is 10.6. The molecule has 5 nitrogen and oxygen atoms in total. The van der Waals surface area contributed by atoms with E-state index in [9.17, 15) is 0 Å². The van der Waals surface area contributed by atoms with Gasteiger partial charge in [0, 0.05) is 22.2 Å². The van der Waals surface area contributed by atoms with Crippen molar-refractivity contribution in [3.05, 3.63) is 178 Å². The highest BCUT2D eigenvalue weighted by molar-refractivity contribution is 6.91. The first-order valence-electron chi connectivity index (χ1n) is 23.8. The van der Waals surface area contributed by atoms with E-state index >= 15 is 0 Å². The van der Waals surface area contributed by atoms with Gasteiger partial charge in [0.15, 0.2) is 5.54 Å². The Morgan fingerprint density at radius 2 is 1.92 bits per heavy atom. The Bertz CT molecular complexity index is 2410. The van der Waals surface area contributed by atoms with Gasteiger partial charge in [0.25, 0.3) is 0 Å². The fraction of sp³-hybridized carbons (Fsp3) is 0.436. The predicted octanol–water partition coefficient (Wildman–Crippen LogP) is 10.4. The van der Waals surface area contributed by atoms with Crippen LogP contribution in [0.4, 0.5) is 0 Å². The number of benzene rings is 1. The summed E-state index contributed by atoms with van der Waals surface area (Å²) in [5.74, 6) is 0.608. The zero-order chi connectivity index (χ0) is 40.8. The van der Waals surface area contributed by atoms with Gasteiger partial charge in [-0.25, -0.2) is 4.99 Å². The zero-order valence-electron chi connectivity index (χ0n) is 36.2. The maximum atomic E-state index is 5.28. The number of nitrogens with zero attached hydrogens (tertiary/aromatic N) is 3. The van der Waals surface area contributed by atoms with Crippen molar-refractivity contribution in [1.82, 2.24) is 10.2 Å². The highest BCUT2D eigenvalue weighted by Crippen LogP contribution is 2.59. The molecule has 0 amide bonds. The molecule has 2 saturated heterocycles. The molecule has 1 aromatic rings. The molecule has 5 heterocycles. The van der Waals surface area contributed by atoms with Crippen LogP contribution in [0.5, 0.6) is 0 Å². The first kappa shape index (κ1) is 38.2. The summed E-state index contributed by atoms with van der Waals surface area (Å²) < 4.78 is 0. The normalized spacial score (nSPS) is 39.8. The highest BCUT2D eigenvalue weighted by atomic mass is 28.3. The molecular formula is C55H62N5Si-. The third-order valence-electron chi connectivity index (χ3n) is 16.8. The maximum Gasteiger partial charge on any atom is 0.204 e. The fourth-order valence-electron chi connectivity index (χ4n) is 13.0. The summed E-state index contributed by atoms with van der Waals surface area (Å²) in [5.41, 5.74) is 10.3. The molecule has 10 unspecified atom stereocenters. The van der Waals surface area contributed by atoms with E-state index in [-0.39, 0.29) is 17.0 Å². The van der Waals surface area contributed by atoms with Gasteiger partial charge >= 0.3 is 0 Å².